The third-order valence-electron chi connectivity index (χ3n) is 7.04. The van der Waals surface area contributed by atoms with Crippen molar-refractivity contribution in [3.63, 3.8) is 0 Å². The zero-order chi connectivity index (χ0) is 25.4. The van der Waals surface area contributed by atoms with Crippen LogP contribution in [0.4, 0.5) is 10.3 Å². The molecule has 1 atom stereocenters. The molecule has 1 saturated carbocycles. The summed E-state index contributed by atoms with van der Waals surface area (Å²) in [7, 11) is 0. The van der Waals surface area contributed by atoms with Crippen LogP contribution in [-0.2, 0) is 19.0 Å². The molecule has 11 heteroatoms. The molecule has 3 aliphatic rings. The maximum absolute atomic E-state index is 13.6. The molecule has 4 heterocycles. The van der Waals surface area contributed by atoms with E-state index in [1.54, 1.807) is 29.3 Å². The van der Waals surface area contributed by atoms with Gasteiger partial charge in [-0.3, -0.25) is 4.79 Å². The number of ether oxygens (including phenoxy) is 3. The molecule has 6 rings (SSSR count). The predicted octanol–water partition coefficient (Wildman–Crippen LogP) is 3.16. The van der Waals surface area contributed by atoms with E-state index in [-0.39, 0.29) is 11.9 Å². The molecular formula is C26H29FN6O4. The number of imidazole rings is 1. The van der Waals surface area contributed by atoms with Crippen LogP contribution in [0.5, 0.6) is 0 Å². The van der Waals surface area contributed by atoms with Gasteiger partial charge in [0.15, 0.2) is 5.82 Å². The van der Waals surface area contributed by atoms with Gasteiger partial charge < -0.3 is 29.4 Å². The molecule has 10 nitrogen and oxygen atoms in total. The second-order valence-electron chi connectivity index (χ2n) is 10.1. The van der Waals surface area contributed by atoms with Gasteiger partial charge in [-0.05, 0) is 43.2 Å². The van der Waals surface area contributed by atoms with Crippen molar-refractivity contribution >= 4 is 12.4 Å². The molecule has 3 fully saturated rings. The molecule has 1 amide bonds. The normalized spacial score (nSPS) is 26.2. The van der Waals surface area contributed by atoms with E-state index in [9.17, 15) is 9.18 Å². The van der Waals surface area contributed by atoms with E-state index in [0.717, 1.165) is 24.8 Å². The average Bonchev–Trinajstić information content (AvgIpc) is 3.63. The number of morpholine rings is 1. The summed E-state index contributed by atoms with van der Waals surface area (Å²) in [5.74, 6) is 0.722. The second kappa shape index (κ2) is 9.81. The number of nitrogens with zero attached hydrogens (tertiary/aromatic N) is 4. The van der Waals surface area contributed by atoms with Gasteiger partial charge in [-0.2, -0.15) is 0 Å². The molecule has 2 aromatic heterocycles. The van der Waals surface area contributed by atoms with Crippen molar-refractivity contribution in [3.8, 4) is 22.6 Å². The Hall–Kier alpha value is -3.41. The number of H-pyrrole nitrogens is 1. The molecule has 37 heavy (non-hydrogen) atoms. The number of rotatable bonds is 7. The van der Waals surface area contributed by atoms with E-state index in [1.807, 2.05) is 6.92 Å². The largest absolute Gasteiger partial charge is 0.374 e. The van der Waals surface area contributed by atoms with Crippen LogP contribution in [-0.4, -0.2) is 76.3 Å². The quantitative estimate of drug-likeness (QED) is 0.468. The average molecular weight is 509 g/mol. The van der Waals surface area contributed by atoms with Crippen LogP contribution >= 0.6 is 0 Å². The Kier molecular flexibility index (Phi) is 6.35. The van der Waals surface area contributed by atoms with Crippen molar-refractivity contribution in [3.05, 3.63) is 48.2 Å². The van der Waals surface area contributed by atoms with E-state index in [4.69, 9.17) is 19.2 Å². The van der Waals surface area contributed by atoms with E-state index >= 15 is 0 Å². The molecule has 3 aromatic rings. The molecule has 1 aromatic carbocycles. The Balaban J connectivity index is 1.26. The summed E-state index contributed by atoms with van der Waals surface area (Å²) in [6, 6.07) is 8.39. The summed E-state index contributed by atoms with van der Waals surface area (Å²) >= 11 is 0. The molecule has 0 spiro atoms. The minimum atomic E-state index is -0.724. The number of carbonyl (C=O) groups is 1. The third-order valence-corrected chi connectivity index (χ3v) is 7.04. The van der Waals surface area contributed by atoms with Gasteiger partial charge in [0, 0.05) is 36.3 Å². The SMILES string of the molecule is CC1(C2CN(C=O)CCO2)COC(c2nc(-c3ccc(F)cc3)c(-c3ccnc(NC4CC4)n3)[nH]2)OC1. The first-order chi connectivity index (χ1) is 18.0. The van der Waals surface area contributed by atoms with Crippen LogP contribution in [0.2, 0.25) is 0 Å². The lowest BCUT2D eigenvalue weighted by atomic mass is 9.84. The summed E-state index contributed by atoms with van der Waals surface area (Å²) < 4.78 is 31.9. The number of aromatic nitrogens is 4. The van der Waals surface area contributed by atoms with Crippen molar-refractivity contribution < 1.29 is 23.4 Å². The topological polar surface area (TPSA) is 114 Å². The Morgan fingerprint density at radius 3 is 2.65 bits per heavy atom. The second-order valence-corrected chi connectivity index (χ2v) is 10.1. The van der Waals surface area contributed by atoms with Crippen LogP contribution in [0.3, 0.4) is 0 Å². The smallest absolute Gasteiger partial charge is 0.223 e. The van der Waals surface area contributed by atoms with Crippen LogP contribution in [0, 0.1) is 11.2 Å². The summed E-state index contributed by atoms with van der Waals surface area (Å²) in [5, 5.41) is 3.32. The van der Waals surface area contributed by atoms with Gasteiger partial charge in [0.2, 0.25) is 18.6 Å². The minimum Gasteiger partial charge on any atom is -0.374 e. The number of halogens is 1. The molecular weight excluding hydrogens is 479 g/mol. The van der Waals surface area contributed by atoms with Crippen molar-refractivity contribution in [2.45, 2.75) is 38.2 Å². The monoisotopic (exact) mass is 508 g/mol. The first kappa shape index (κ1) is 24.0. The van der Waals surface area contributed by atoms with Gasteiger partial charge in [0.1, 0.15) is 5.82 Å². The Bertz CT molecular complexity index is 1260. The summed E-state index contributed by atoms with van der Waals surface area (Å²) in [5.41, 5.74) is 2.26. The van der Waals surface area contributed by atoms with Crippen LogP contribution < -0.4 is 5.32 Å². The lowest BCUT2D eigenvalue weighted by molar-refractivity contribution is -0.261. The van der Waals surface area contributed by atoms with E-state index in [2.05, 4.69) is 20.3 Å². The van der Waals surface area contributed by atoms with E-state index in [1.165, 1.54) is 12.1 Å². The highest BCUT2D eigenvalue weighted by molar-refractivity contribution is 5.77. The predicted molar refractivity (Wildman–Crippen MR) is 132 cm³/mol. The van der Waals surface area contributed by atoms with Crippen molar-refractivity contribution in [1.82, 2.24) is 24.8 Å². The van der Waals surface area contributed by atoms with Crippen LogP contribution in [0.1, 0.15) is 31.9 Å². The molecule has 194 valence electrons. The molecule has 2 N–H and O–H groups in total. The van der Waals surface area contributed by atoms with E-state index < -0.39 is 11.7 Å². The summed E-state index contributed by atoms with van der Waals surface area (Å²) in [6.07, 6.45) is 3.86. The van der Waals surface area contributed by atoms with Crippen molar-refractivity contribution in [1.29, 1.82) is 0 Å². The molecule has 1 aliphatic carbocycles. The maximum atomic E-state index is 13.6. The highest BCUT2D eigenvalue weighted by Gasteiger charge is 2.43. The van der Waals surface area contributed by atoms with Crippen molar-refractivity contribution in [2.24, 2.45) is 5.41 Å². The molecule has 2 saturated heterocycles. The number of carbonyl (C=O) groups excluding carboxylic acids is 1. The Morgan fingerprint density at radius 1 is 1.14 bits per heavy atom. The Morgan fingerprint density at radius 2 is 1.92 bits per heavy atom. The summed E-state index contributed by atoms with van der Waals surface area (Å²) in [4.78, 5) is 30.1. The molecule has 0 bridgehead atoms. The van der Waals surface area contributed by atoms with Gasteiger partial charge in [0.05, 0.1) is 43.0 Å². The van der Waals surface area contributed by atoms with Crippen LogP contribution in [0.15, 0.2) is 36.5 Å². The van der Waals surface area contributed by atoms with Crippen LogP contribution in [0.25, 0.3) is 22.6 Å². The number of anilines is 1. The fourth-order valence-corrected chi connectivity index (χ4v) is 4.64. The maximum Gasteiger partial charge on any atom is 0.223 e. The van der Waals surface area contributed by atoms with E-state index in [0.29, 0.717) is 67.8 Å². The third kappa shape index (κ3) is 5.07. The number of aromatic amines is 1. The Labute approximate surface area is 213 Å². The zero-order valence-electron chi connectivity index (χ0n) is 20.5. The minimum absolute atomic E-state index is 0.187. The summed E-state index contributed by atoms with van der Waals surface area (Å²) in [6.45, 7) is 4.36. The fraction of sp³-hybridized carbons (Fsp3) is 0.462. The fourth-order valence-electron chi connectivity index (χ4n) is 4.64. The van der Waals surface area contributed by atoms with Gasteiger partial charge in [-0.15, -0.1) is 0 Å². The molecule has 0 radical (unpaired) electrons. The van der Waals surface area contributed by atoms with Gasteiger partial charge in [0.25, 0.3) is 0 Å². The highest BCUT2D eigenvalue weighted by atomic mass is 19.1. The lowest BCUT2D eigenvalue weighted by Crippen LogP contribution is -2.54. The molecule has 1 unspecified atom stereocenters. The number of nitrogens with one attached hydrogen (secondary N) is 2. The zero-order valence-corrected chi connectivity index (χ0v) is 20.5. The number of amides is 1. The number of hydrogen-bond donors (Lipinski definition) is 2. The first-order valence-electron chi connectivity index (χ1n) is 12.5. The molecule has 2 aliphatic heterocycles. The van der Waals surface area contributed by atoms with Gasteiger partial charge in [-0.1, -0.05) is 6.92 Å². The first-order valence-corrected chi connectivity index (χ1v) is 12.5. The van der Waals surface area contributed by atoms with Crippen molar-refractivity contribution in [2.75, 3.05) is 38.2 Å². The number of hydrogen-bond acceptors (Lipinski definition) is 8. The van der Waals surface area contributed by atoms with Gasteiger partial charge in [-0.25, -0.2) is 19.3 Å². The highest BCUT2D eigenvalue weighted by Crippen LogP contribution is 2.38. The lowest BCUT2D eigenvalue weighted by Gasteiger charge is -2.45. The standard InChI is InChI=1S/C26H29FN6O4/c1-26(20-12-33(15-34)10-11-35-20)13-36-24(37-14-26)23-31-21(16-2-4-17(27)5-3-16)22(32-23)19-8-9-28-25(30-19)29-18-6-7-18/h2-5,8-9,15,18,20,24H,6-7,10-14H2,1H3,(H,31,32)(H,28,29,30). The van der Waals surface area contributed by atoms with Gasteiger partial charge >= 0.3 is 0 Å². The number of benzene rings is 1.